The summed E-state index contributed by atoms with van der Waals surface area (Å²) in [5, 5.41) is 0.516. The summed E-state index contributed by atoms with van der Waals surface area (Å²) in [6.07, 6.45) is 0. The average molecular weight is 170 g/mol. The number of rotatable bonds is 1. The minimum atomic E-state index is -4.23. The monoisotopic (exact) mass is 170 g/mol. The molecular weight excluding hydrogens is 163 g/mol. The number of allylic oxidation sites excluding steroid dienone is 1. The van der Waals surface area contributed by atoms with E-state index in [1.54, 1.807) is 13.8 Å². The number of hydrogen-bond acceptors (Lipinski definition) is 3. The molecule has 0 aromatic carbocycles. The van der Waals surface area contributed by atoms with Gasteiger partial charge in [0.05, 0.1) is 5.41 Å². The van der Waals surface area contributed by atoms with Gasteiger partial charge >= 0.3 is 29.6 Å². The Morgan fingerprint density at radius 3 is 2.00 bits per heavy atom. The molecule has 10 heavy (non-hydrogen) atoms. The second-order valence-corrected chi connectivity index (χ2v) is 2.98. The van der Waals surface area contributed by atoms with Crippen LogP contribution in [0.25, 0.3) is 0 Å². The first kappa shape index (κ1) is 13.1. The first-order chi connectivity index (χ1) is 3.92. The fraction of sp³-hybridized carbons (Fsp3) is 0.400. The average Bonchev–Trinajstić information content (AvgIpc) is 1.59. The molecule has 0 unspecified atom stereocenters. The summed E-state index contributed by atoms with van der Waals surface area (Å²) in [6.45, 7) is 3.31. The van der Waals surface area contributed by atoms with Gasteiger partial charge in [-0.3, -0.25) is 0 Å². The van der Waals surface area contributed by atoms with Crippen molar-refractivity contribution in [1.29, 1.82) is 0 Å². The standard InChI is InChI=1S/C5H8O3S.Na/c1-5(2)3-4-9(6,7)8;/h4H,1-2H3,(H,6,7,8);/q;+1/p-1. The van der Waals surface area contributed by atoms with E-state index in [1.165, 1.54) is 0 Å². The molecule has 0 fully saturated rings. The first-order valence-electron chi connectivity index (χ1n) is 2.27. The van der Waals surface area contributed by atoms with Crippen molar-refractivity contribution in [2.75, 3.05) is 0 Å². The zero-order chi connectivity index (χ0) is 7.49. The van der Waals surface area contributed by atoms with Crippen LogP contribution in [0.1, 0.15) is 13.8 Å². The van der Waals surface area contributed by atoms with Crippen LogP contribution in [-0.2, 0) is 10.1 Å². The van der Waals surface area contributed by atoms with Gasteiger partial charge in [-0.2, -0.15) is 0 Å². The maximum absolute atomic E-state index is 9.85. The predicted octanol–water partition coefficient (Wildman–Crippen LogP) is -2.39. The van der Waals surface area contributed by atoms with Crippen molar-refractivity contribution >= 4 is 10.1 Å². The summed E-state index contributed by atoms with van der Waals surface area (Å²) in [6, 6.07) is 0. The molecule has 52 valence electrons. The van der Waals surface area contributed by atoms with Crippen LogP contribution >= 0.6 is 0 Å². The Hall–Kier alpha value is 0.430. The normalized spacial score (nSPS) is 9.10. The van der Waals surface area contributed by atoms with Gasteiger partial charge in [0.15, 0.2) is 0 Å². The molecule has 0 aliphatic heterocycles. The van der Waals surface area contributed by atoms with Crippen LogP contribution in [0.2, 0.25) is 0 Å². The SMILES string of the molecule is CC(C)=C=CS(=O)(=O)[O-].[Na+]. The third-order valence-electron chi connectivity index (χ3n) is 0.492. The zero-order valence-corrected chi connectivity index (χ0v) is 9.03. The van der Waals surface area contributed by atoms with E-state index in [-0.39, 0.29) is 29.6 Å². The fourth-order valence-electron chi connectivity index (χ4n) is 0.190. The zero-order valence-electron chi connectivity index (χ0n) is 6.21. The van der Waals surface area contributed by atoms with E-state index in [1.807, 2.05) is 0 Å². The summed E-state index contributed by atoms with van der Waals surface area (Å²) >= 11 is 0. The van der Waals surface area contributed by atoms with Gasteiger partial charge in [-0.25, -0.2) is 8.42 Å². The second kappa shape index (κ2) is 5.13. The minimum absolute atomic E-state index is 0. The molecule has 5 heteroatoms. The molecule has 0 aliphatic carbocycles. The number of hydrogen-bond donors (Lipinski definition) is 0. The van der Waals surface area contributed by atoms with Gasteiger partial charge in [0.2, 0.25) is 0 Å². The minimum Gasteiger partial charge on any atom is -0.744 e. The summed E-state index contributed by atoms with van der Waals surface area (Å²) in [7, 11) is -4.23. The molecule has 3 nitrogen and oxygen atoms in total. The molecule has 0 aliphatic rings. The van der Waals surface area contributed by atoms with Crippen LogP contribution in [0.3, 0.4) is 0 Å². The molecule has 0 saturated heterocycles. The van der Waals surface area contributed by atoms with Crippen LogP contribution in [0.15, 0.2) is 16.7 Å². The molecule has 0 atom stereocenters. The summed E-state index contributed by atoms with van der Waals surface area (Å²) in [5.41, 5.74) is 2.94. The van der Waals surface area contributed by atoms with E-state index in [0.717, 1.165) is 0 Å². The van der Waals surface area contributed by atoms with Gasteiger partial charge in [-0.1, -0.05) is 0 Å². The van der Waals surface area contributed by atoms with Crippen molar-refractivity contribution in [1.82, 2.24) is 0 Å². The van der Waals surface area contributed by atoms with E-state index in [0.29, 0.717) is 11.0 Å². The third-order valence-corrected chi connectivity index (χ3v) is 0.898. The van der Waals surface area contributed by atoms with Gasteiger partial charge in [-0.15, -0.1) is 5.73 Å². The molecule has 0 bridgehead atoms. The fourth-order valence-corrected chi connectivity index (χ4v) is 0.570. The molecular formula is C5H7NaO3S. The Balaban J connectivity index is 0. The van der Waals surface area contributed by atoms with Gasteiger partial charge < -0.3 is 4.55 Å². The van der Waals surface area contributed by atoms with Gasteiger partial charge in [-0.05, 0) is 19.4 Å². The summed E-state index contributed by atoms with van der Waals surface area (Å²) < 4.78 is 29.5. The summed E-state index contributed by atoms with van der Waals surface area (Å²) in [5.74, 6) is 0. The molecule has 0 aromatic rings. The van der Waals surface area contributed by atoms with E-state index < -0.39 is 10.1 Å². The van der Waals surface area contributed by atoms with Crippen molar-refractivity contribution in [3.05, 3.63) is 16.7 Å². The van der Waals surface area contributed by atoms with E-state index in [2.05, 4.69) is 5.73 Å². The van der Waals surface area contributed by atoms with Gasteiger partial charge in [0.1, 0.15) is 10.1 Å². The quantitative estimate of drug-likeness (QED) is 0.251. The molecule has 0 radical (unpaired) electrons. The van der Waals surface area contributed by atoms with Crippen molar-refractivity contribution in [2.45, 2.75) is 13.8 Å². The van der Waals surface area contributed by atoms with Gasteiger partial charge in [0, 0.05) is 0 Å². The summed E-state index contributed by atoms with van der Waals surface area (Å²) in [4.78, 5) is 0. The molecule has 0 heterocycles. The predicted molar refractivity (Wildman–Crippen MR) is 32.6 cm³/mol. The van der Waals surface area contributed by atoms with Gasteiger partial charge in [0.25, 0.3) is 0 Å². The Labute approximate surface area is 82.9 Å². The third kappa shape index (κ3) is 11.3. The van der Waals surface area contributed by atoms with E-state index >= 15 is 0 Å². The van der Waals surface area contributed by atoms with Crippen molar-refractivity contribution in [3.8, 4) is 0 Å². The van der Waals surface area contributed by atoms with Crippen LogP contribution in [0, 0.1) is 0 Å². The largest absolute Gasteiger partial charge is 1.00 e. The Morgan fingerprint density at radius 2 is 1.90 bits per heavy atom. The maximum atomic E-state index is 9.85. The van der Waals surface area contributed by atoms with Crippen LogP contribution in [0.4, 0.5) is 0 Å². The Morgan fingerprint density at radius 1 is 1.50 bits per heavy atom. The Kier molecular flexibility index (Phi) is 6.69. The molecule has 0 rings (SSSR count). The smallest absolute Gasteiger partial charge is 0.744 e. The topological polar surface area (TPSA) is 57.2 Å². The molecule has 0 amide bonds. The maximum Gasteiger partial charge on any atom is 1.00 e. The van der Waals surface area contributed by atoms with Crippen molar-refractivity contribution in [2.24, 2.45) is 0 Å². The van der Waals surface area contributed by atoms with E-state index in [4.69, 9.17) is 0 Å². The molecule has 0 saturated carbocycles. The van der Waals surface area contributed by atoms with Crippen LogP contribution in [0.5, 0.6) is 0 Å². The van der Waals surface area contributed by atoms with Crippen molar-refractivity contribution < 1.29 is 42.5 Å². The second-order valence-electron chi connectivity index (χ2n) is 1.75. The first-order valence-corrected chi connectivity index (χ1v) is 3.75. The van der Waals surface area contributed by atoms with E-state index in [9.17, 15) is 13.0 Å². The molecule has 0 spiro atoms. The Bertz CT molecular complexity index is 242. The van der Waals surface area contributed by atoms with Crippen molar-refractivity contribution in [3.63, 3.8) is 0 Å². The van der Waals surface area contributed by atoms with Crippen LogP contribution in [-0.4, -0.2) is 13.0 Å². The molecule has 0 aromatic heterocycles. The van der Waals surface area contributed by atoms with Crippen LogP contribution < -0.4 is 29.6 Å². The molecule has 0 N–H and O–H groups in total.